The van der Waals surface area contributed by atoms with Crippen molar-refractivity contribution in [1.82, 2.24) is 15.2 Å². The van der Waals surface area contributed by atoms with Crippen molar-refractivity contribution in [2.45, 2.75) is 25.9 Å². The number of benzene rings is 1. The summed E-state index contributed by atoms with van der Waals surface area (Å²) in [6, 6.07) is 5.83. The third-order valence-electron chi connectivity index (χ3n) is 2.93. The minimum atomic E-state index is -0.289. The summed E-state index contributed by atoms with van der Waals surface area (Å²) in [7, 11) is 0. The van der Waals surface area contributed by atoms with Gasteiger partial charge in [0.05, 0.1) is 5.75 Å². The third-order valence-corrected chi connectivity index (χ3v) is 3.79. The third kappa shape index (κ3) is 3.91. The molecular formula is C14H16N4O2S. The lowest BCUT2D eigenvalue weighted by molar-refractivity contribution is -0.113. The van der Waals surface area contributed by atoms with Gasteiger partial charge >= 0.3 is 0 Å². The summed E-state index contributed by atoms with van der Waals surface area (Å²) in [6.07, 6.45) is 0. The first-order chi connectivity index (χ1) is 9.97. The molecule has 0 aliphatic carbocycles. The number of amides is 1. The van der Waals surface area contributed by atoms with Gasteiger partial charge < -0.3 is 5.32 Å². The Hall–Kier alpha value is -2.15. The summed E-state index contributed by atoms with van der Waals surface area (Å²) in [5.74, 6) is 0.00202. The Morgan fingerprint density at radius 1 is 1.24 bits per heavy atom. The van der Waals surface area contributed by atoms with Gasteiger partial charge in [-0.15, -0.1) is 10.2 Å². The topological polar surface area (TPSA) is 87.7 Å². The molecule has 0 spiro atoms. The van der Waals surface area contributed by atoms with Crippen LogP contribution in [0.25, 0.3) is 0 Å². The second kappa shape index (κ2) is 6.53. The van der Waals surface area contributed by atoms with Crippen LogP contribution in [-0.2, 0) is 4.79 Å². The van der Waals surface area contributed by atoms with Gasteiger partial charge in [0.15, 0.2) is 5.16 Å². The number of hydrogen-bond acceptors (Lipinski definition) is 5. The average molecular weight is 304 g/mol. The number of hydrogen-bond donors (Lipinski definition) is 2. The molecule has 1 heterocycles. The van der Waals surface area contributed by atoms with E-state index in [0.717, 1.165) is 28.6 Å². The number of carbonyl (C=O) groups is 1. The highest BCUT2D eigenvalue weighted by Gasteiger charge is 2.09. The van der Waals surface area contributed by atoms with Crippen molar-refractivity contribution in [2.75, 3.05) is 11.1 Å². The van der Waals surface area contributed by atoms with Crippen LogP contribution in [0, 0.1) is 20.8 Å². The molecule has 2 N–H and O–H groups in total. The predicted molar refractivity (Wildman–Crippen MR) is 82.7 cm³/mol. The van der Waals surface area contributed by atoms with E-state index < -0.39 is 0 Å². The number of rotatable bonds is 4. The van der Waals surface area contributed by atoms with Gasteiger partial charge in [-0.05, 0) is 31.9 Å². The molecule has 21 heavy (non-hydrogen) atoms. The molecule has 1 aromatic heterocycles. The molecule has 7 heteroatoms. The van der Waals surface area contributed by atoms with Gasteiger partial charge in [0.1, 0.15) is 5.69 Å². The van der Waals surface area contributed by atoms with Gasteiger partial charge in [-0.25, -0.2) is 0 Å². The molecule has 2 aromatic rings. The number of H-pyrrole nitrogens is 1. The number of anilines is 1. The Kier molecular flexibility index (Phi) is 4.74. The van der Waals surface area contributed by atoms with E-state index in [0.29, 0.717) is 10.9 Å². The van der Waals surface area contributed by atoms with Crippen LogP contribution in [0.2, 0.25) is 0 Å². The highest BCUT2D eigenvalue weighted by atomic mass is 32.2. The second-order valence-corrected chi connectivity index (χ2v) is 5.61. The molecule has 0 radical (unpaired) electrons. The lowest BCUT2D eigenvalue weighted by atomic mass is 10.1. The summed E-state index contributed by atoms with van der Waals surface area (Å²) in [5, 5.41) is 10.8. The van der Waals surface area contributed by atoms with E-state index in [-0.39, 0.29) is 17.2 Å². The van der Waals surface area contributed by atoms with Crippen LogP contribution in [-0.4, -0.2) is 26.8 Å². The Balaban J connectivity index is 1.99. The van der Waals surface area contributed by atoms with Gasteiger partial charge in [-0.3, -0.25) is 14.6 Å². The van der Waals surface area contributed by atoms with E-state index in [4.69, 9.17) is 0 Å². The summed E-state index contributed by atoms with van der Waals surface area (Å²) >= 11 is 1.14. The van der Waals surface area contributed by atoms with Crippen molar-refractivity contribution in [3.63, 3.8) is 0 Å². The standard InChI is InChI=1S/C14H16N4O2S/c1-8-5-4-6-9(2)12(8)15-11(19)7-21-14-16-13(20)10(3)17-18-14/h4-6H,7H2,1-3H3,(H,15,19)(H,16,18,20). The number of aromatic amines is 1. The molecule has 0 saturated carbocycles. The highest BCUT2D eigenvalue weighted by molar-refractivity contribution is 7.99. The molecule has 0 unspecified atom stereocenters. The number of nitrogens with one attached hydrogen (secondary N) is 2. The van der Waals surface area contributed by atoms with Gasteiger partial charge in [-0.2, -0.15) is 0 Å². The number of aromatic nitrogens is 3. The minimum absolute atomic E-state index is 0.152. The molecule has 1 aromatic carbocycles. The molecule has 1 amide bonds. The molecule has 2 rings (SSSR count). The number of carbonyl (C=O) groups excluding carboxylic acids is 1. The normalized spacial score (nSPS) is 10.4. The first kappa shape index (κ1) is 15.2. The lowest BCUT2D eigenvalue weighted by Gasteiger charge is -2.10. The maximum atomic E-state index is 12.0. The van der Waals surface area contributed by atoms with E-state index in [9.17, 15) is 9.59 Å². The Labute approximate surface area is 126 Å². The minimum Gasteiger partial charge on any atom is -0.325 e. The second-order valence-electron chi connectivity index (χ2n) is 4.65. The number of thioether (sulfide) groups is 1. The molecular weight excluding hydrogens is 288 g/mol. The van der Waals surface area contributed by atoms with Gasteiger partial charge in [0.25, 0.3) is 5.56 Å². The van der Waals surface area contributed by atoms with Crippen molar-refractivity contribution in [2.24, 2.45) is 0 Å². The monoisotopic (exact) mass is 304 g/mol. The molecule has 0 saturated heterocycles. The highest BCUT2D eigenvalue weighted by Crippen LogP contribution is 2.20. The zero-order valence-electron chi connectivity index (χ0n) is 12.1. The van der Waals surface area contributed by atoms with E-state index in [1.54, 1.807) is 6.92 Å². The molecule has 0 fully saturated rings. The molecule has 0 aliphatic heterocycles. The fourth-order valence-corrected chi connectivity index (χ4v) is 2.37. The van der Waals surface area contributed by atoms with Crippen LogP contribution in [0.1, 0.15) is 16.8 Å². The Morgan fingerprint density at radius 3 is 2.52 bits per heavy atom. The number of para-hydroxylation sites is 1. The van der Waals surface area contributed by atoms with Crippen molar-refractivity contribution in [3.05, 3.63) is 45.4 Å². The average Bonchev–Trinajstić information content (AvgIpc) is 2.44. The zero-order valence-corrected chi connectivity index (χ0v) is 12.9. The molecule has 6 nitrogen and oxygen atoms in total. The van der Waals surface area contributed by atoms with Crippen molar-refractivity contribution < 1.29 is 4.79 Å². The quantitative estimate of drug-likeness (QED) is 0.841. The van der Waals surface area contributed by atoms with E-state index in [1.165, 1.54) is 0 Å². The van der Waals surface area contributed by atoms with Crippen molar-refractivity contribution >= 4 is 23.4 Å². The van der Waals surface area contributed by atoms with Crippen molar-refractivity contribution in [1.29, 1.82) is 0 Å². The number of aryl methyl sites for hydroxylation is 3. The van der Waals surface area contributed by atoms with Gasteiger partial charge in [-0.1, -0.05) is 30.0 Å². The molecule has 110 valence electrons. The maximum Gasteiger partial charge on any atom is 0.273 e. The van der Waals surface area contributed by atoms with Gasteiger partial charge in [0, 0.05) is 5.69 Å². The van der Waals surface area contributed by atoms with E-state index in [2.05, 4.69) is 20.5 Å². The molecule has 0 atom stereocenters. The fraction of sp³-hybridized carbons (Fsp3) is 0.286. The van der Waals surface area contributed by atoms with Crippen molar-refractivity contribution in [3.8, 4) is 0 Å². The maximum absolute atomic E-state index is 12.0. The fourth-order valence-electron chi connectivity index (χ4n) is 1.76. The van der Waals surface area contributed by atoms with Gasteiger partial charge in [0.2, 0.25) is 5.91 Å². The van der Waals surface area contributed by atoms with Crippen LogP contribution < -0.4 is 10.9 Å². The largest absolute Gasteiger partial charge is 0.325 e. The predicted octanol–water partition coefficient (Wildman–Crippen LogP) is 1.82. The van der Waals surface area contributed by atoms with Crippen LogP contribution in [0.4, 0.5) is 5.69 Å². The Bertz CT molecular complexity index is 707. The smallest absolute Gasteiger partial charge is 0.273 e. The Morgan fingerprint density at radius 2 is 1.90 bits per heavy atom. The van der Waals surface area contributed by atoms with E-state index in [1.807, 2.05) is 32.0 Å². The summed E-state index contributed by atoms with van der Waals surface area (Å²) in [5.41, 5.74) is 2.86. The summed E-state index contributed by atoms with van der Waals surface area (Å²) < 4.78 is 0. The van der Waals surface area contributed by atoms with Crippen LogP contribution in [0.15, 0.2) is 28.2 Å². The number of nitrogens with zero attached hydrogens (tertiary/aromatic N) is 2. The SMILES string of the molecule is Cc1cccc(C)c1NC(=O)CSc1nnc(C)c(=O)[nH]1. The summed E-state index contributed by atoms with van der Waals surface area (Å²) in [4.78, 5) is 25.9. The van der Waals surface area contributed by atoms with Crippen LogP contribution in [0.3, 0.4) is 0 Å². The first-order valence-electron chi connectivity index (χ1n) is 6.40. The summed E-state index contributed by atoms with van der Waals surface area (Å²) in [6.45, 7) is 5.46. The zero-order chi connectivity index (χ0) is 15.4. The lowest BCUT2D eigenvalue weighted by Crippen LogP contribution is -2.18. The van der Waals surface area contributed by atoms with Crippen LogP contribution in [0.5, 0.6) is 0 Å². The van der Waals surface area contributed by atoms with E-state index >= 15 is 0 Å². The molecule has 0 aliphatic rings. The first-order valence-corrected chi connectivity index (χ1v) is 7.38. The molecule has 0 bridgehead atoms. The van der Waals surface area contributed by atoms with Crippen LogP contribution >= 0.6 is 11.8 Å².